The molecule has 0 atom stereocenters. The Morgan fingerprint density at radius 1 is 1.13 bits per heavy atom. The van der Waals surface area contributed by atoms with Crippen molar-refractivity contribution in [1.82, 2.24) is 9.55 Å². The number of hydrogen-bond acceptors (Lipinski definition) is 5. The Balaban J connectivity index is 1.62. The molecule has 1 amide bonds. The topological polar surface area (TPSA) is 55.2 Å². The van der Waals surface area contributed by atoms with Crippen molar-refractivity contribution in [3.8, 4) is 0 Å². The van der Waals surface area contributed by atoms with Gasteiger partial charge in [-0.15, -0.1) is 11.3 Å². The third-order valence-corrected chi connectivity index (χ3v) is 6.58. The zero-order valence-corrected chi connectivity index (χ0v) is 18.1. The van der Waals surface area contributed by atoms with Gasteiger partial charge in [0, 0.05) is 18.3 Å². The zero-order chi connectivity index (χ0) is 22.0. The Morgan fingerprint density at radius 3 is 2.61 bits per heavy atom. The van der Waals surface area contributed by atoms with E-state index in [4.69, 9.17) is 0 Å². The average molecular weight is 458 g/mol. The molecule has 0 unspecified atom stereocenters. The fraction of sp³-hybridized carbons (Fsp3) is 0.136. The molecular formula is C22H17F2N3O2S2. The number of nitrogens with zero attached hydrogens (tertiary/aromatic N) is 3. The first kappa shape index (κ1) is 21.2. The lowest BCUT2D eigenvalue weighted by Gasteiger charge is -2.18. The highest BCUT2D eigenvalue weighted by Gasteiger charge is 2.17. The van der Waals surface area contributed by atoms with E-state index in [9.17, 15) is 18.4 Å². The molecule has 0 N–H and O–H groups in total. The Morgan fingerprint density at radius 2 is 1.87 bits per heavy atom. The summed E-state index contributed by atoms with van der Waals surface area (Å²) in [6.45, 7) is 0.0106. The second kappa shape index (κ2) is 8.99. The third kappa shape index (κ3) is 4.52. The summed E-state index contributed by atoms with van der Waals surface area (Å²) in [6, 6.07) is 13.6. The molecule has 2 aromatic carbocycles. The standard InChI is InChI=1S/C22H17F2N3O2S2/c1-26(16-8-6-15(23)7-9-16)19(28)13-31-22-25-18-10-11-30-20(18)21(29)27(22)12-14-4-2-3-5-17(14)24/h2-11H,12-13H2,1H3. The molecule has 0 bridgehead atoms. The quantitative estimate of drug-likeness (QED) is 0.315. The van der Waals surface area contributed by atoms with Crippen molar-refractivity contribution in [3.05, 3.63) is 87.5 Å². The molecule has 31 heavy (non-hydrogen) atoms. The maximum absolute atomic E-state index is 14.2. The van der Waals surface area contributed by atoms with Crippen molar-refractivity contribution in [1.29, 1.82) is 0 Å². The second-order valence-electron chi connectivity index (χ2n) is 6.73. The summed E-state index contributed by atoms with van der Waals surface area (Å²) in [4.78, 5) is 31.6. The lowest BCUT2D eigenvalue weighted by atomic mass is 10.2. The maximum atomic E-state index is 14.2. The van der Waals surface area contributed by atoms with Crippen LogP contribution < -0.4 is 10.5 Å². The molecule has 0 saturated heterocycles. The highest BCUT2D eigenvalue weighted by molar-refractivity contribution is 7.99. The molecular weight excluding hydrogens is 440 g/mol. The van der Waals surface area contributed by atoms with Crippen LogP contribution in [0.2, 0.25) is 0 Å². The Hall–Kier alpha value is -3.04. The molecule has 0 aliphatic rings. The Labute approximate surface area is 185 Å². The van der Waals surface area contributed by atoms with E-state index >= 15 is 0 Å². The first-order valence-electron chi connectivity index (χ1n) is 9.30. The number of fused-ring (bicyclic) bond motifs is 1. The van der Waals surface area contributed by atoms with E-state index in [1.165, 1.54) is 51.1 Å². The monoisotopic (exact) mass is 457 g/mol. The molecule has 2 heterocycles. The summed E-state index contributed by atoms with van der Waals surface area (Å²) in [6.07, 6.45) is 0. The van der Waals surface area contributed by atoms with Gasteiger partial charge in [-0.3, -0.25) is 14.2 Å². The van der Waals surface area contributed by atoms with Gasteiger partial charge in [-0.05, 0) is 41.8 Å². The minimum absolute atomic E-state index is 0.00717. The molecule has 0 saturated carbocycles. The van der Waals surface area contributed by atoms with Gasteiger partial charge < -0.3 is 4.90 Å². The summed E-state index contributed by atoms with van der Waals surface area (Å²) < 4.78 is 29.2. The van der Waals surface area contributed by atoms with Crippen LogP contribution in [0.25, 0.3) is 10.2 Å². The summed E-state index contributed by atoms with van der Waals surface area (Å²) in [7, 11) is 1.60. The number of carbonyl (C=O) groups is 1. The fourth-order valence-corrected chi connectivity index (χ4v) is 4.69. The molecule has 0 aliphatic carbocycles. The van der Waals surface area contributed by atoms with Crippen LogP contribution in [0.4, 0.5) is 14.5 Å². The normalized spacial score (nSPS) is 11.1. The maximum Gasteiger partial charge on any atom is 0.272 e. The average Bonchev–Trinajstić information content (AvgIpc) is 3.24. The largest absolute Gasteiger partial charge is 0.315 e. The van der Waals surface area contributed by atoms with Crippen LogP contribution in [0.5, 0.6) is 0 Å². The fourth-order valence-electron chi connectivity index (χ4n) is 3.00. The molecule has 158 valence electrons. The smallest absolute Gasteiger partial charge is 0.272 e. The highest BCUT2D eigenvalue weighted by Crippen LogP contribution is 2.23. The molecule has 0 aliphatic heterocycles. The number of anilines is 1. The van der Waals surface area contributed by atoms with Crippen LogP contribution in [0.3, 0.4) is 0 Å². The summed E-state index contributed by atoms with van der Waals surface area (Å²) in [5.41, 5.74) is 1.18. The van der Waals surface area contributed by atoms with E-state index in [-0.39, 0.29) is 29.6 Å². The van der Waals surface area contributed by atoms with E-state index in [1.807, 2.05) is 0 Å². The van der Waals surface area contributed by atoms with Gasteiger partial charge in [0.2, 0.25) is 5.91 Å². The van der Waals surface area contributed by atoms with Crippen molar-refractivity contribution in [2.45, 2.75) is 11.7 Å². The van der Waals surface area contributed by atoms with Gasteiger partial charge in [0.25, 0.3) is 5.56 Å². The predicted octanol–water partition coefficient (Wildman–Crippen LogP) is 4.54. The van der Waals surface area contributed by atoms with E-state index in [1.54, 1.807) is 36.7 Å². The number of halogens is 2. The molecule has 0 fully saturated rings. The van der Waals surface area contributed by atoms with Crippen molar-refractivity contribution < 1.29 is 13.6 Å². The van der Waals surface area contributed by atoms with Crippen LogP contribution >= 0.6 is 23.1 Å². The molecule has 2 aromatic heterocycles. The van der Waals surface area contributed by atoms with Gasteiger partial charge in [-0.2, -0.15) is 0 Å². The summed E-state index contributed by atoms with van der Waals surface area (Å²) >= 11 is 2.38. The van der Waals surface area contributed by atoms with E-state index in [2.05, 4.69) is 4.98 Å². The van der Waals surface area contributed by atoms with E-state index < -0.39 is 5.82 Å². The van der Waals surface area contributed by atoms with Crippen LogP contribution in [0, 0.1) is 11.6 Å². The van der Waals surface area contributed by atoms with E-state index in [0.717, 1.165) is 11.8 Å². The minimum atomic E-state index is -0.413. The highest BCUT2D eigenvalue weighted by atomic mass is 32.2. The molecule has 0 spiro atoms. The lowest BCUT2D eigenvalue weighted by Crippen LogP contribution is -2.29. The van der Waals surface area contributed by atoms with Gasteiger partial charge in [-0.1, -0.05) is 30.0 Å². The Bertz CT molecular complexity index is 1300. The molecule has 0 radical (unpaired) electrons. The molecule has 4 rings (SSSR count). The Kier molecular flexibility index (Phi) is 6.15. The predicted molar refractivity (Wildman–Crippen MR) is 120 cm³/mol. The first-order chi connectivity index (χ1) is 14.9. The number of amides is 1. The van der Waals surface area contributed by atoms with Gasteiger partial charge in [0.05, 0.1) is 17.8 Å². The third-order valence-electron chi connectivity index (χ3n) is 4.73. The van der Waals surface area contributed by atoms with Gasteiger partial charge >= 0.3 is 0 Å². The molecule has 4 aromatic rings. The first-order valence-corrected chi connectivity index (χ1v) is 11.2. The van der Waals surface area contributed by atoms with Gasteiger partial charge in [0.1, 0.15) is 16.3 Å². The number of rotatable bonds is 6. The number of benzene rings is 2. The number of carbonyl (C=O) groups excluding carboxylic acids is 1. The summed E-state index contributed by atoms with van der Waals surface area (Å²) in [5, 5.41) is 2.11. The van der Waals surface area contributed by atoms with Gasteiger partial charge in [-0.25, -0.2) is 13.8 Å². The van der Waals surface area contributed by atoms with Crippen LogP contribution in [0.15, 0.2) is 69.9 Å². The number of thioether (sulfide) groups is 1. The van der Waals surface area contributed by atoms with Crippen molar-refractivity contribution in [3.63, 3.8) is 0 Å². The SMILES string of the molecule is CN(C(=O)CSc1nc2ccsc2c(=O)n1Cc1ccccc1F)c1ccc(F)cc1. The van der Waals surface area contributed by atoms with Crippen LogP contribution in [-0.4, -0.2) is 28.3 Å². The molecule has 9 heteroatoms. The van der Waals surface area contributed by atoms with Crippen LogP contribution in [0.1, 0.15) is 5.56 Å². The summed E-state index contributed by atoms with van der Waals surface area (Å²) in [5.74, 6) is -1.03. The van der Waals surface area contributed by atoms with Crippen molar-refractivity contribution in [2.75, 3.05) is 17.7 Å². The van der Waals surface area contributed by atoms with Crippen molar-refractivity contribution in [2.24, 2.45) is 0 Å². The second-order valence-corrected chi connectivity index (χ2v) is 8.59. The number of thiophene rings is 1. The van der Waals surface area contributed by atoms with E-state index in [0.29, 0.717) is 26.6 Å². The molecule has 5 nitrogen and oxygen atoms in total. The van der Waals surface area contributed by atoms with Gasteiger partial charge in [0.15, 0.2) is 5.16 Å². The minimum Gasteiger partial charge on any atom is -0.315 e. The van der Waals surface area contributed by atoms with Crippen LogP contribution in [-0.2, 0) is 11.3 Å². The number of hydrogen-bond donors (Lipinski definition) is 0. The van der Waals surface area contributed by atoms with Crippen molar-refractivity contribution >= 4 is 44.9 Å². The number of aromatic nitrogens is 2. The zero-order valence-electron chi connectivity index (χ0n) is 16.4. The lowest BCUT2D eigenvalue weighted by molar-refractivity contribution is -0.115.